The Morgan fingerprint density at radius 3 is 2.47 bits per heavy atom. The lowest BCUT2D eigenvalue weighted by Gasteiger charge is -2.16. The molecule has 0 spiro atoms. The minimum Gasteiger partial charge on any atom is -0.270 e. The topological polar surface area (TPSA) is 76.7 Å². The van der Waals surface area contributed by atoms with Gasteiger partial charge >= 0.3 is 0 Å². The molecule has 0 aliphatic carbocycles. The molecule has 0 bridgehead atoms. The van der Waals surface area contributed by atoms with Gasteiger partial charge in [-0.3, -0.25) is 10.8 Å². The number of benzene rings is 1. The molecule has 3 aromatic rings. The number of hydrogen-bond donors (Lipinski definition) is 2. The van der Waals surface area contributed by atoms with Gasteiger partial charge in [0.1, 0.15) is 6.04 Å². The van der Waals surface area contributed by atoms with Crippen LogP contribution < -0.4 is 11.3 Å². The molecule has 5 heteroatoms. The minimum absolute atomic E-state index is 0.255. The van der Waals surface area contributed by atoms with Gasteiger partial charge in [-0.05, 0) is 23.8 Å². The molecule has 1 atom stereocenters. The highest BCUT2D eigenvalue weighted by Gasteiger charge is 2.17. The first-order chi connectivity index (χ1) is 9.40. The van der Waals surface area contributed by atoms with E-state index in [1.165, 1.54) is 0 Å². The highest BCUT2D eigenvalue weighted by molar-refractivity contribution is 5.82. The Morgan fingerprint density at radius 1 is 0.895 bits per heavy atom. The molecule has 0 saturated carbocycles. The van der Waals surface area contributed by atoms with E-state index in [9.17, 15) is 0 Å². The number of rotatable bonds is 3. The Kier molecular flexibility index (Phi) is 3.14. The highest BCUT2D eigenvalue weighted by atomic mass is 15.2. The van der Waals surface area contributed by atoms with Gasteiger partial charge in [0.05, 0.1) is 5.52 Å². The molecule has 1 unspecified atom stereocenters. The molecule has 19 heavy (non-hydrogen) atoms. The SMILES string of the molecule is NNC(c1ncccn1)c1cccc2ncccc12. The molecule has 3 rings (SSSR count). The number of nitrogens with zero attached hydrogens (tertiary/aromatic N) is 3. The molecule has 94 valence electrons. The predicted octanol–water partition coefficient (Wildman–Crippen LogP) is 1.58. The third-order valence-corrected chi connectivity index (χ3v) is 3.00. The Hall–Kier alpha value is -2.37. The van der Waals surface area contributed by atoms with Gasteiger partial charge in [0, 0.05) is 24.0 Å². The molecule has 0 aliphatic heterocycles. The molecule has 0 saturated heterocycles. The molecule has 2 aromatic heterocycles. The zero-order valence-corrected chi connectivity index (χ0v) is 10.2. The monoisotopic (exact) mass is 251 g/mol. The van der Waals surface area contributed by atoms with E-state index in [4.69, 9.17) is 5.84 Å². The van der Waals surface area contributed by atoms with Crippen molar-refractivity contribution < 1.29 is 0 Å². The Morgan fingerprint density at radius 2 is 1.68 bits per heavy atom. The zero-order chi connectivity index (χ0) is 13.1. The normalized spacial score (nSPS) is 12.5. The van der Waals surface area contributed by atoms with E-state index >= 15 is 0 Å². The van der Waals surface area contributed by atoms with E-state index in [0.717, 1.165) is 16.5 Å². The first-order valence-electron chi connectivity index (χ1n) is 5.97. The Balaban J connectivity index is 2.17. The van der Waals surface area contributed by atoms with Crippen LogP contribution in [0.3, 0.4) is 0 Å². The van der Waals surface area contributed by atoms with E-state index in [1.807, 2.05) is 30.3 Å². The number of hydrogen-bond acceptors (Lipinski definition) is 5. The molecular weight excluding hydrogens is 238 g/mol. The minimum atomic E-state index is -0.255. The summed E-state index contributed by atoms with van der Waals surface area (Å²) in [7, 11) is 0. The van der Waals surface area contributed by atoms with Crippen molar-refractivity contribution in [2.75, 3.05) is 0 Å². The molecule has 0 amide bonds. The first kappa shape index (κ1) is 11.7. The van der Waals surface area contributed by atoms with E-state index in [1.54, 1.807) is 24.7 Å². The largest absolute Gasteiger partial charge is 0.270 e. The smallest absolute Gasteiger partial charge is 0.150 e. The van der Waals surface area contributed by atoms with Gasteiger partial charge in [0.15, 0.2) is 5.82 Å². The molecular formula is C14H13N5. The van der Waals surface area contributed by atoms with Gasteiger partial charge < -0.3 is 0 Å². The molecule has 0 radical (unpaired) electrons. The maximum atomic E-state index is 5.68. The lowest BCUT2D eigenvalue weighted by Crippen LogP contribution is -2.30. The fourth-order valence-corrected chi connectivity index (χ4v) is 2.14. The van der Waals surface area contributed by atoms with Crippen molar-refractivity contribution in [1.82, 2.24) is 20.4 Å². The average Bonchev–Trinajstić information content (AvgIpc) is 2.49. The van der Waals surface area contributed by atoms with E-state index in [0.29, 0.717) is 5.82 Å². The van der Waals surface area contributed by atoms with Gasteiger partial charge in [0.25, 0.3) is 0 Å². The van der Waals surface area contributed by atoms with Gasteiger partial charge in [-0.2, -0.15) is 0 Å². The van der Waals surface area contributed by atoms with Crippen LogP contribution in [0, 0.1) is 0 Å². The molecule has 1 aromatic carbocycles. The van der Waals surface area contributed by atoms with E-state index < -0.39 is 0 Å². The van der Waals surface area contributed by atoms with E-state index in [-0.39, 0.29) is 6.04 Å². The summed E-state index contributed by atoms with van der Waals surface area (Å²) in [5.41, 5.74) is 4.71. The lowest BCUT2D eigenvalue weighted by atomic mass is 10.0. The van der Waals surface area contributed by atoms with Crippen molar-refractivity contribution in [1.29, 1.82) is 0 Å². The van der Waals surface area contributed by atoms with Crippen LogP contribution in [-0.2, 0) is 0 Å². The fourth-order valence-electron chi connectivity index (χ4n) is 2.14. The van der Waals surface area contributed by atoms with Crippen LogP contribution in [0.2, 0.25) is 0 Å². The van der Waals surface area contributed by atoms with Crippen molar-refractivity contribution in [3.05, 3.63) is 66.4 Å². The fraction of sp³-hybridized carbons (Fsp3) is 0.0714. The number of nitrogens with two attached hydrogens (primary N) is 1. The Bertz CT molecular complexity index is 678. The van der Waals surface area contributed by atoms with Crippen molar-refractivity contribution in [2.24, 2.45) is 5.84 Å². The van der Waals surface area contributed by atoms with Crippen molar-refractivity contribution in [2.45, 2.75) is 6.04 Å². The summed E-state index contributed by atoms with van der Waals surface area (Å²) in [6.07, 6.45) is 5.18. The number of aromatic nitrogens is 3. The molecule has 2 heterocycles. The summed E-state index contributed by atoms with van der Waals surface area (Å²) in [5.74, 6) is 6.32. The maximum Gasteiger partial charge on any atom is 0.150 e. The second-order valence-electron chi connectivity index (χ2n) is 4.12. The van der Waals surface area contributed by atoms with Crippen molar-refractivity contribution >= 4 is 10.9 Å². The highest BCUT2D eigenvalue weighted by Crippen LogP contribution is 2.25. The molecule has 3 N–H and O–H groups in total. The van der Waals surface area contributed by atoms with Crippen molar-refractivity contribution in [3.63, 3.8) is 0 Å². The van der Waals surface area contributed by atoms with Gasteiger partial charge in [-0.25, -0.2) is 15.4 Å². The summed E-state index contributed by atoms with van der Waals surface area (Å²) in [4.78, 5) is 12.9. The average molecular weight is 251 g/mol. The van der Waals surface area contributed by atoms with Crippen molar-refractivity contribution in [3.8, 4) is 0 Å². The zero-order valence-electron chi connectivity index (χ0n) is 10.2. The van der Waals surface area contributed by atoms with Gasteiger partial charge in [-0.15, -0.1) is 0 Å². The Labute approximate surface area is 110 Å². The summed E-state index contributed by atoms with van der Waals surface area (Å²) >= 11 is 0. The summed E-state index contributed by atoms with van der Waals surface area (Å²) in [6.45, 7) is 0. The number of pyridine rings is 1. The summed E-state index contributed by atoms with van der Waals surface area (Å²) < 4.78 is 0. The predicted molar refractivity (Wildman–Crippen MR) is 72.9 cm³/mol. The summed E-state index contributed by atoms with van der Waals surface area (Å²) in [5, 5.41) is 1.04. The van der Waals surface area contributed by atoms with Gasteiger partial charge in [0.2, 0.25) is 0 Å². The second kappa shape index (κ2) is 5.09. The van der Waals surface area contributed by atoms with Crippen LogP contribution >= 0.6 is 0 Å². The molecule has 5 nitrogen and oxygen atoms in total. The van der Waals surface area contributed by atoms with Crippen LogP contribution in [0.4, 0.5) is 0 Å². The third-order valence-electron chi connectivity index (χ3n) is 3.00. The maximum absolute atomic E-state index is 5.68. The summed E-state index contributed by atoms with van der Waals surface area (Å²) in [6, 6.07) is 11.4. The van der Waals surface area contributed by atoms with Gasteiger partial charge in [-0.1, -0.05) is 18.2 Å². The van der Waals surface area contributed by atoms with Crippen LogP contribution in [-0.4, -0.2) is 15.0 Å². The third kappa shape index (κ3) is 2.16. The van der Waals surface area contributed by atoms with E-state index in [2.05, 4.69) is 20.4 Å². The number of fused-ring (bicyclic) bond motifs is 1. The van der Waals surface area contributed by atoms with Crippen LogP contribution in [0.15, 0.2) is 55.0 Å². The standard InChI is InChI=1S/C14H13N5/c15-19-13(14-17-8-3-9-18-14)11-4-1-6-12-10(11)5-2-7-16-12/h1-9,13,19H,15H2. The van der Waals surface area contributed by atoms with Crippen LogP contribution in [0.5, 0.6) is 0 Å². The van der Waals surface area contributed by atoms with Crippen LogP contribution in [0.1, 0.15) is 17.4 Å². The lowest BCUT2D eigenvalue weighted by molar-refractivity contribution is 0.605. The number of hydrazine groups is 1. The van der Waals surface area contributed by atoms with Crippen LogP contribution in [0.25, 0.3) is 10.9 Å². The molecule has 0 fully saturated rings. The first-order valence-corrected chi connectivity index (χ1v) is 5.97. The number of nitrogens with one attached hydrogen (secondary N) is 1. The second-order valence-corrected chi connectivity index (χ2v) is 4.12. The quantitative estimate of drug-likeness (QED) is 0.546. The molecule has 0 aliphatic rings.